The molecule has 0 amide bonds. The van der Waals surface area contributed by atoms with E-state index in [0.29, 0.717) is 0 Å². The maximum atomic E-state index is 13.2. The summed E-state index contributed by atoms with van der Waals surface area (Å²) in [6, 6.07) is 13.4. The van der Waals surface area contributed by atoms with Crippen molar-refractivity contribution in [3.05, 3.63) is 71.2 Å². The molecule has 96 valence electrons. The molecule has 2 heteroatoms. The van der Waals surface area contributed by atoms with Crippen LogP contribution in [0, 0.1) is 19.7 Å². The van der Waals surface area contributed by atoms with Gasteiger partial charge in [0.25, 0.3) is 0 Å². The van der Waals surface area contributed by atoms with Gasteiger partial charge in [0.1, 0.15) is 5.82 Å². The van der Waals surface area contributed by atoms with Crippen LogP contribution in [0.15, 0.2) is 48.7 Å². The molecule has 19 heavy (non-hydrogen) atoms. The van der Waals surface area contributed by atoms with Gasteiger partial charge < -0.3 is 4.57 Å². The number of fused-ring (bicyclic) bond motifs is 1. The summed E-state index contributed by atoms with van der Waals surface area (Å²) >= 11 is 0. The van der Waals surface area contributed by atoms with Crippen molar-refractivity contribution in [3.8, 4) is 0 Å². The van der Waals surface area contributed by atoms with Crippen LogP contribution in [-0.4, -0.2) is 4.57 Å². The van der Waals surface area contributed by atoms with Crippen molar-refractivity contribution in [1.29, 1.82) is 0 Å². The van der Waals surface area contributed by atoms with Gasteiger partial charge in [-0.15, -0.1) is 0 Å². The van der Waals surface area contributed by atoms with Crippen LogP contribution in [0.4, 0.5) is 4.39 Å². The lowest BCUT2D eigenvalue weighted by atomic mass is 10.1. The summed E-state index contributed by atoms with van der Waals surface area (Å²) < 4.78 is 15.3. The third kappa shape index (κ3) is 2.26. The molecule has 1 aromatic heterocycles. The van der Waals surface area contributed by atoms with Crippen LogP contribution in [0.3, 0.4) is 0 Å². The van der Waals surface area contributed by atoms with Gasteiger partial charge in [-0.3, -0.25) is 0 Å². The predicted molar refractivity (Wildman–Crippen MR) is 76.9 cm³/mol. The minimum Gasteiger partial charge on any atom is -0.343 e. The Balaban J connectivity index is 1.98. The number of hydrogen-bond donors (Lipinski definition) is 0. The van der Waals surface area contributed by atoms with Crippen molar-refractivity contribution in [2.45, 2.75) is 20.4 Å². The number of halogens is 1. The van der Waals surface area contributed by atoms with E-state index < -0.39 is 0 Å². The SMILES string of the molecule is Cc1ccc(Cn2ccc3cc(F)ccc32)cc1C. The molecule has 0 aliphatic carbocycles. The van der Waals surface area contributed by atoms with E-state index in [0.717, 1.165) is 17.4 Å². The van der Waals surface area contributed by atoms with E-state index in [4.69, 9.17) is 0 Å². The number of rotatable bonds is 2. The fourth-order valence-electron chi connectivity index (χ4n) is 2.41. The number of hydrogen-bond acceptors (Lipinski definition) is 0. The topological polar surface area (TPSA) is 4.93 Å². The Labute approximate surface area is 112 Å². The van der Waals surface area contributed by atoms with E-state index >= 15 is 0 Å². The third-order valence-corrected chi connectivity index (χ3v) is 3.66. The first-order chi connectivity index (χ1) is 9.13. The van der Waals surface area contributed by atoms with Gasteiger partial charge in [-0.05, 0) is 54.8 Å². The number of benzene rings is 2. The molecule has 3 rings (SSSR count). The molecule has 0 N–H and O–H groups in total. The Morgan fingerprint density at radius 1 is 0.947 bits per heavy atom. The van der Waals surface area contributed by atoms with Crippen LogP contribution in [-0.2, 0) is 6.54 Å². The smallest absolute Gasteiger partial charge is 0.123 e. The Morgan fingerprint density at radius 2 is 1.79 bits per heavy atom. The highest BCUT2D eigenvalue weighted by atomic mass is 19.1. The highest BCUT2D eigenvalue weighted by Gasteiger charge is 2.03. The van der Waals surface area contributed by atoms with Crippen LogP contribution in [0.2, 0.25) is 0 Å². The molecule has 0 unspecified atom stereocenters. The predicted octanol–water partition coefficient (Wildman–Crippen LogP) is 4.45. The molecule has 1 heterocycles. The van der Waals surface area contributed by atoms with E-state index in [1.165, 1.54) is 22.8 Å². The summed E-state index contributed by atoms with van der Waals surface area (Å²) in [6.45, 7) is 5.06. The summed E-state index contributed by atoms with van der Waals surface area (Å²) in [4.78, 5) is 0. The lowest BCUT2D eigenvalue weighted by Gasteiger charge is -2.08. The molecule has 0 spiro atoms. The summed E-state index contributed by atoms with van der Waals surface area (Å²) in [5.74, 6) is -0.184. The first-order valence-electron chi connectivity index (χ1n) is 6.44. The molecule has 0 fully saturated rings. The Morgan fingerprint density at radius 3 is 2.58 bits per heavy atom. The van der Waals surface area contributed by atoms with Crippen molar-refractivity contribution in [2.24, 2.45) is 0 Å². The van der Waals surface area contributed by atoms with Gasteiger partial charge in [-0.1, -0.05) is 18.2 Å². The summed E-state index contributed by atoms with van der Waals surface area (Å²) in [7, 11) is 0. The molecule has 0 radical (unpaired) electrons. The number of nitrogens with zero attached hydrogens (tertiary/aromatic N) is 1. The number of aryl methyl sites for hydroxylation is 2. The minimum absolute atomic E-state index is 0.184. The van der Waals surface area contributed by atoms with E-state index in [-0.39, 0.29) is 5.82 Å². The van der Waals surface area contributed by atoms with Gasteiger partial charge in [0.2, 0.25) is 0 Å². The fraction of sp³-hybridized carbons (Fsp3) is 0.176. The molecule has 0 aliphatic rings. The van der Waals surface area contributed by atoms with Crippen LogP contribution >= 0.6 is 0 Å². The molecule has 1 nitrogen and oxygen atoms in total. The molecule has 3 aromatic rings. The lowest BCUT2D eigenvalue weighted by molar-refractivity contribution is 0.629. The van der Waals surface area contributed by atoms with Crippen molar-refractivity contribution in [3.63, 3.8) is 0 Å². The van der Waals surface area contributed by atoms with E-state index in [9.17, 15) is 4.39 Å². The van der Waals surface area contributed by atoms with Crippen LogP contribution < -0.4 is 0 Å². The fourth-order valence-corrected chi connectivity index (χ4v) is 2.41. The Kier molecular flexibility index (Phi) is 2.86. The average molecular weight is 253 g/mol. The van der Waals surface area contributed by atoms with Gasteiger partial charge >= 0.3 is 0 Å². The van der Waals surface area contributed by atoms with Crippen molar-refractivity contribution in [2.75, 3.05) is 0 Å². The number of aromatic nitrogens is 1. The van der Waals surface area contributed by atoms with E-state index in [1.807, 2.05) is 18.3 Å². The van der Waals surface area contributed by atoms with E-state index in [2.05, 4.69) is 36.6 Å². The second-order valence-electron chi connectivity index (χ2n) is 5.07. The second-order valence-corrected chi connectivity index (χ2v) is 5.07. The molecular weight excluding hydrogens is 237 g/mol. The molecule has 0 saturated carbocycles. The van der Waals surface area contributed by atoms with Crippen LogP contribution in [0.25, 0.3) is 10.9 Å². The van der Waals surface area contributed by atoms with Crippen LogP contribution in [0.5, 0.6) is 0 Å². The third-order valence-electron chi connectivity index (χ3n) is 3.66. The standard InChI is InChI=1S/C17H16FN/c1-12-3-4-14(9-13(12)2)11-19-8-7-15-10-16(18)5-6-17(15)19/h3-10H,11H2,1-2H3. The largest absolute Gasteiger partial charge is 0.343 e. The first kappa shape index (κ1) is 12.0. The normalized spacial score (nSPS) is 11.1. The van der Waals surface area contributed by atoms with Gasteiger partial charge in [0.05, 0.1) is 0 Å². The summed E-state index contributed by atoms with van der Waals surface area (Å²) in [6.07, 6.45) is 2.01. The van der Waals surface area contributed by atoms with Gasteiger partial charge in [-0.25, -0.2) is 4.39 Å². The zero-order chi connectivity index (χ0) is 13.4. The molecular formula is C17H16FN. The molecule has 0 saturated heterocycles. The van der Waals surface area contributed by atoms with Gasteiger partial charge in [-0.2, -0.15) is 0 Å². The Bertz CT molecular complexity index is 740. The van der Waals surface area contributed by atoms with Crippen LogP contribution in [0.1, 0.15) is 16.7 Å². The van der Waals surface area contributed by atoms with Gasteiger partial charge in [0, 0.05) is 23.6 Å². The summed E-state index contributed by atoms with van der Waals surface area (Å²) in [5, 5.41) is 0.948. The second kappa shape index (κ2) is 4.54. The molecule has 0 aliphatic heterocycles. The van der Waals surface area contributed by atoms with Gasteiger partial charge in [0.15, 0.2) is 0 Å². The van der Waals surface area contributed by atoms with Crippen molar-refractivity contribution in [1.82, 2.24) is 4.57 Å². The zero-order valence-electron chi connectivity index (χ0n) is 11.2. The molecule has 0 atom stereocenters. The summed E-state index contributed by atoms with van der Waals surface area (Å²) in [5.41, 5.74) is 4.95. The van der Waals surface area contributed by atoms with Crippen molar-refractivity contribution < 1.29 is 4.39 Å². The maximum absolute atomic E-state index is 13.2. The molecule has 2 aromatic carbocycles. The quantitative estimate of drug-likeness (QED) is 0.636. The average Bonchev–Trinajstić information content (AvgIpc) is 2.76. The highest BCUT2D eigenvalue weighted by molar-refractivity contribution is 5.80. The van der Waals surface area contributed by atoms with Crippen molar-refractivity contribution >= 4 is 10.9 Å². The van der Waals surface area contributed by atoms with E-state index in [1.54, 1.807) is 6.07 Å². The minimum atomic E-state index is -0.184. The highest BCUT2D eigenvalue weighted by Crippen LogP contribution is 2.19. The zero-order valence-corrected chi connectivity index (χ0v) is 11.2. The first-order valence-corrected chi connectivity index (χ1v) is 6.44. The monoisotopic (exact) mass is 253 g/mol. The molecule has 0 bridgehead atoms. The maximum Gasteiger partial charge on any atom is 0.123 e. The Hall–Kier alpha value is -2.09. The lowest BCUT2D eigenvalue weighted by Crippen LogP contribution is -1.98.